The molecule has 0 aromatic rings. The third-order valence-electron chi connectivity index (χ3n) is 3.48. The van der Waals surface area contributed by atoms with Crippen LogP contribution in [0.15, 0.2) is 23.7 Å². The standard InChI is InChI=1S/2C11H20O2.2ClH.Ti/c2*1-10(2,3)8(12)7-9(13)11(4,5)6;;;/h2*7,12H,1-6H3;2*1H;/p-4/b2*8-7-;;;. The van der Waals surface area contributed by atoms with Crippen LogP contribution in [0.5, 0.6) is 0 Å². The van der Waals surface area contributed by atoms with E-state index in [0.717, 1.165) is 0 Å². The molecular weight excluding hydrogens is 447 g/mol. The Balaban J connectivity index is -0.000000120. The van der Waals surface area contributed by atoms with E-state index in [4.69, 9.17) is 0 Å². The minimum Gasteiger partial charge on any atom is -1.00 e. The van der Waals surface area contributed by atoms with Gasteiger partial charge in [0.05, 0.1) is 0 Å². The number of halogens is 2. The number of hydrogen-bond donors (Lipinski definition) is 0. The van der Waals surface area contributed by atoms with E-state index in [1.54, 1.807) is 0 Å². The van der Waals surface area contributed by atoms with Crippen LogP contribution in [0.3, 0.4) is 0 Å². The van der Waals surface area contributed by atoms with Crippen LogP contribution in [0.4, 0.5) is 0 Å². The molecule has 0 radical (unpaired) electrons. The van der Waals surface area contributed by atoms with Crippen molar-refractivity contribution in [3.63, 3.8) is 0 Å². The van der Waals surface area contributed by atoms with Crippen molar-refractivity contribution in [1.29, 1.82) is 0 Å². The minimum absolute atomic E-state index is 0. The Morgan fingerprint density at radius 1 is 0.517 bits per heavy atom. The minimum atomic E-state index is -0.457. The average Bonchev–Trinajstić information content (AvgIpc) is 2.34. The van der Waals surface area contributed by atoms with Crippen molar-refractivity contribution >= 4 is 11.6 Å². The summed E-state index contributed by atoms with van der Waals surface area (Å²) in [6.07, 6.45) is 2.44. The van der Waals surface area contributed by atoms with Gasteiger partial charge in [-0.25, -0.2) is 0 Å². The van der Waals surface area contributed by atoms with Crippen molar-refractivity contribution in [2.75, 3.05) is 0 Å². The maximum absolute atomic E-state index is 11.4. The average molecular weight is 485 g/mol. The predicted molar refractivity (Wildman–Crippen MR) is 104 cm³/mol. The second-order valence-corrected chi connectivity index (χ2v) is 10.7. The zero-order chi connectivity index (χ0) is 21.7. The molecule has 172 valence electrons. The summed E-state index contributed by atoms with van der Waals surface area (Å²) >= 11 is 0. The largest absolute Gasteiger partial charge is 1.00 e. The Labute approximate surface area is 205 Å². The van der Waals surface area contributed by atoms with Crippen LogP contribution in [-0.2, 0) is 31.3 Å². The number of rotatable bonds is 2. The quantitative estimate of drug-likeness (QED) is 0.253. The van der Waals surface area contributed by atoms with Gasteiger partial charge in [-0.1, -0.05) is 83.1 Å². The molecule has 0 rings (SSSR count). The summed E-state index contributed by atoms with van der Waals surface area (Å²) in [6, 6.07) is 0. The Morgan fingerprint density at radius 3 is 0.793 bits per heavy atom. The van der Waals surface area contributed by atoms with Crippen LogP contribution in [0, 0.1) is 21.7 Å². The number of carbonyl (C=O) groups excluding carboxylic acids is 2. The molecule has 4 nitrogen and oxygen atoms in total. The van der Waals surface area contributed by atoms with Gasteiger partial charge in [0.15, 0.2) is 11.6 Å². The zero-order valence-corrected chi connectivity index (χ0v) is 23.1. The molecule has 0 unspecified atom stereocenters. The molecule has 0 N–H and O–H groups in total. The van der Waals surface area contributed by atoms with E-state index in [0.29, 0.717) is 0 Å². The molecule has 7 heteroatoms. The van der Waals surface area contributed by atoms with E-state index < -0.39 is 21.7 Å². The summed E-state index contributed by atoms with van der Waals surface area (Å²) in [5.41, 5.74) is -1.83. The van der Waals surface area contributed by atoms with Gasteiger partial charge in [0.2, 0.25) is 0 Å². The van der Waals surface area contributed by atoms with Gasteiger partial charge in [-0.05, 0) is 23.0 Å². The monoisotopic (exact) mass is 484 g/mol. The Kier molecular flexibility index (Phi) is 18.8. The molecule has 0 saturated carbocycles. The van der Waals surface area contributed by atoms with Gasteiger partial charge in [0.1, 0.15) is 0 Å². The van der Waals surface area contributed by atoms with Crippen molar-refractivity contribution in [2.45, 2.75) is 83.1 Å². The number of allylic oxidation sites excluding steroid dienone is 4. The Hall–Kier alpha value is -0.286. The molecule has 0 atom stereocenters. The third-order valence-corrected chi connectivity index (χ3v) is 3.48. The Bertz CT molecular complexity index is 516. The van der Waals surface area contributed by atoms with Gasteiger partial charge in [-0.15, -0.1) is 11.5 Å². The topological polar surface area (TPSA) is 80.3 Å². The SMILES string of the molecule is CC(C)(C)C(=O)/C=C(\[O-])C(C)(C)C.CC(C)(C)C(=O)/C=C(\[O-])C(C)(C)C.[Cl-].[Cl-].[Ti]. The summed E-state index contributed by atoms with van der Waals surface area (Å²) in [7, 11) is 0. The fourth-order valence-electron chi connectivity index (χ4n) is 1.10. The molecule has 0 aliphatic rings. The number of ketones is 2. The van der Waals surface area contributed by atoms with E-state index >= 15 is 0 Å². The van der Waals surface area contributed by atoms with Crippen molar-refractivity contribution in [3.8, 4) is 0 Å². The van der Waals surface area contributed by atoms with Gasteiger partial charge in [0, 0.05) is 32.5 Å². The van der Waals surface area contributed by atoms with Gasteiger partial charge in [0.25, 0.3) is 0 Å². The molecule has 0 bridgehead atoms. The summed E-state index contributed by atoms with van der Waals surface area (Å²) in [6.45, 7) is 21.7. The maximum Gasteiger partial charge on any atom is 0.160 e. The molecule has 0 fully saturated rings. The first-order chi connectivity index (χ1) is 11.1. The van der Waals surface area contributed by atoms with E-state index in [-0.39, 0.29) is 69.6 Å². The molecule has 0 aromatic heterocycles. The summed E-state index contributed by atoms with van der Waals surface area (Å²) in [5, 5.41) is 22.9. The molecule has 0 saturated heterocycles. The van der Waals surface area contributed by atoms with Crippen molar-refractivity contribution < 1.29 is 66.3 Å². The summed E-state index contributed by atoms with van der Waals surface area (Å²) < 4.78 is 0. The number of hydrogen-bond acceptors (Lipinski definition) is 4. The fourth-order valence-corrected chi connectivity index (χ4v) is 1.10. The Morgan fingerprint density at radius 2 is 0.690 bits per heavy atom. The molecule has 29 heavy (non-hydrogen) atoms. The van der Waals surface area contributed by atoms with Crippen LogP contribution in [0.1, 0.15) is 83.1 Å². The first-order valence-electron chi connectivity index (χ1n) is 8.97. The molecule has 0 aromatic carbocycles. The summed E-state index contributed by atoms with van der Waals surface area (Å²) in [4.78, 5) is 22.9. The van der Waals surface area contributed by atoms with Crippen LogP contribution >= 0.6 is 0 Å². The van der Waals surface area contributed by atoms with Crippen molar-refractivity contribution in [3.05, 3.63) is 23.7 Å². The van der Waals surface area contributed by atoms with Gasteiger partial charge < -0.3 is 35.0 Å². The van der Waals surface area contributed by atoms with E-state index in [1.807, 2.05) is 83.1 Å². The van der Waals surface area contributed by atoms with Crippen molar-refractivity contribution in [1.82, 2.24) is 0 Å². The van der Waals surface area contributed by atoms with Crippen LogP contribution in [0.25, 0.3) is 0 Å². The van der Waals surface area contributed by atoms with Gasteiger partial charge in [-0.3, -0.25) is 9.59 Å². The van der Waals surface area contributed by atoms with E-state index in [2.05, 4.69) is 0 Å². The number of carbonyl (C=O) groups is 2. The van der Waals surface area contributed by atoms with E-state index in [9.17, 15) is 19.8 Å². The molecule has 0 aliphatic heterocycles. The van der Waals surface area contributed by atoms with Crippen molar-refractivity contribution in [2.24, 2.45) is 21.7 Å². The summed E-state index contributed by atoms with van der Waals surface area (Å²) in [5.74, 6) is -0.417. The molecule has 0 amide bonds. The van der Waals surface area contributed by atoms with Crippen LogP contribution in [0.2, 0.25) is 0 Å². The normalized spacial score (nSPS) is 13.0. The third kappa shape index (κ3) is 18.2. The van der Waals surface area contributed by atoms with E-state index in [1.165, 1.54) is 12.2 Å². The van der Waals surface area contributed by atoms with Gasteiger partial charge >= 0.3 is 0 Å². The second-order valence-electron chi connectivity index (χ2n) is 10.7. The molecule has 0 aliphatic carbocycles. The van der Waals surface area contributed by atoms with Crippen LogP contribution in [-0.4, -0.2) is 11.6 Å². The predicted octanol–water partition coefficient (Wildman–Crippen LogP) is -2.21. The smallest absolute Gasteiger partial charge is 0.160 e. The molecule has 0 heterocycles. The fraction of sp³-hybridized carbons (Fsp3) is 0.727. The van der Waals surface area contributed by atoms with Gasteiger partial charge in [-0.2, -0.15) is 0 Å². The molecule has 0 spiro atoms. The van der Waals surface area contributed by atoms with Crippen LogP contribution < -0.4 is 35.0 Å². The maximum atomic E-state index is 11.4. The molecular formula is C22H38Cl2O4Ti-4. The first-order valence-corrected chi connectivity index (χ1v) is 8.97. The zero-order valence-electron chi connectivity index (χ0n) is 20.0. The second kappa shape index (κ2) is 13.9. The first kappa shape index (κ1) is 39.2.